The van der Waals surface area contributed by atoms with E-state index in [1.807, 2.05) is 18.2 Å². The molecule has 3 aliphatic heterocycles. The average Bonchev–Trinajstić information content (AvgIpc) is 3.46. The number of benzene rings is 3. The molecule has 2 aromatic rings. The molecule has 58 heavy (non-hydrogen) atoms. The number of allylic oxidation sites excluding steroid dienone is 2. The Balaban J connectivity index is 1.63. The second-order valence-corrected chi connectivity index (χ2v) is 16.5. The van der Waals surface area contributed by atoms with Crippen LogP contribution in [0.15, 0.2) is 59.1 Å². The lowest BCUT2D eigenvalue weighted by molar-refractivity contribution is -0.112. The van der Waals surface area contributed by atoms with Crippen LogP contribution in [-0.4, -0.2) is 79.0 Å². The van der Waals surface area contributed by atoms with Crippen LogP contribution in [0.4, 0.5) is 5.69 Å². The third-order valence-corrected chi connectivity index (χ3v) is 12.3. The van der Waals surface area contributed by atoms with Crippen LogP contribution in [0.25, 0.3) is 33.2 Å². The van der Waals surface area contributed by atoms with Crippen LogP contribution in [0.2, 0.25) is 0 Å². The Morgan fingerprint density at radius 3 is 2.26 bits per heavy atom. The van der Waals surface area contributed by atoms with Gasteiger partial charge in [0.15, 0.2) is 0 Å². The summed E-state index contributed by atoms with van der Waals surface area (Å²) in [6.45, 7) is 15.6. The van der Waals surface area contributed by atoms with Crippen LogP contribution in [0, 0.1) is 30.6 Å². The van der Waals surface area contributed by atoms with E-state index in [4.69, 9.17) is 19.2 Å². The summed E-state index contributed by atoms with van der Waals surface area (Å²) in [6.07, 6.45) is 3.73. The Hall–Kier alpha value is -5.08. The molecule has 0 radical (unpaired) electrons. The number of methoxy groups -OCH3 is 1. The molecule has 13 nitrogen and oxygen atoms in total. The number of hydrogen-bond donors (Lipinski definition) is 5. The highest BCUT2D eigenvalue weighted by Crippen LogP contribution is 2.50. The van der Waals surface area contributed by atoms with E-state index in [0.717, 1.165) is 5.56 Å². The van der Waals surface area contributed by atoms with Gasteiger partial charge in [-0.3, -0.25) is 14.4 Å². The van der Waals surface area contributed by atoms with E-state index in [0.29, 0.717) is 11.0 Å². The number of ketones is 1. The minimum atomic E-state index is -1.97. The van der Waals surface area contributed by atoms with Gasteiger partial charge in [-0.25, -0.2) is 4.98 Å². The monoisotopic (exact) mass is 797 g/mol. The van der Waals surface area contributed by atoms with Gasteiger partial charge in [0.25, 0.3) is 11.7 Å². The predicted molar refractivity (Wildman–Crippen MR) is 222 cm³/mol. The molecule has 1 aliphatic carbocycles. The fourth-order valence-corrected chi connectivity index (χ4v) is 8.24. The second-order valence-electron chi connectivity index (χ2n) is 16.5. The predicted octanol–water partition coefficient (Wildman–Crippen LogP) is 6.25. The summed E-state index contributed by atoms with van der Waals surface area (Å²) in [4.78, 5) is 48.3. The van der Waals surface area contributed by atoms with Crippen LogP contribution in [0.3, 0.4) is 0 Å². The van der Waals surface area contributed by atoms with Crippen LogP contribution in [0.1, 0.15) is 82.8 Å². The number of anilines is 1. The summed E-state index contributed by atoms with van der Waals surface area (Å²) in [5.74, 6) is -5.84. The van der Waals surface area contributed by atoms with Gasteiger partial charge in [-0.15, -0.1) is 0 Å². The van der Waals surface area contributed by atoms with Gasteiger partial charge >= 0.3 is 5.79 Å². The molecule has 2 aromatic carbocycles. The number of ether oxygens (including phenoxy) is 3. The minimum absolute atomic E-state index is 0.0113. The number of fused-ring (bicyclic) bond motifs is 2. The van der Waals surface area contributed by atoms with Gasteiger partial charge in [-0.05, 0) is 43.5 Å². The Kier molecular flexibility index (Phi) is 11.7. The van der Waals surface area contributed by atoms with E-state index in [1.54, 1.807) is 64.5 Å². The van der Waals surface area contributed by atoms with Crippen molar-refractivity contribution >= 4 is 39.2 Å². The van der Waals surface area contributed by atoms with Gasteiger partial charge in [0.1, 0.15) is 17.2 Å². The van der Waals surface area contributed by atoms with Crippen molar-refractivity contribution in [2.24, 2.45) is 30.7 Å². The Morgan fingerprint density at radius 2 is 1.60 bits per heavy atom. The zero-order chi connectivity index (χ0) is 42.7. The van der Waals surface area contributed by atoms with Gasteiger partial charge in [0.05, 0.1) is 64.0 Å². The molecule has 310 valence electrons. The maximum Gasteiger partial charge on any atom is 0.312 e. The van der Waals surface area contributed by atoms with Gasteiger partial charge in [0.2, 0.25) is 5.43 Å². The van der Waals surface area contributed by atoms with Crippen LogP contribution in [0.5, 0.6) is 11.5 Å². The van der Waals surface area contributed by atoms with E-state index in [9.17, 15) is 34.8 Å². The van der Waals surface area contributed by atoms with Crippen molar-refractivity contribution in [2.45, 2.75) is 98.4 Å². The minimum Gasteiger partial charge on any atom is -0.507 e. The fourth-order valence-electron chi connectivity index (χ4n) is 8.24. The van der Waals surface area contributed by atoms with Crippen LogP contribution < -0.4 is 15.5 Å². The molecule has 13 heteroatoms. The number of nitrogens with zero attached hydrogens (tertiary/aromatic N) is 2. The first-order valence-corrected chi connectivity index (χ1v) is 19.7. The van der Waals surface area contributed by atoms with Crippen LogP contribution >= 0.6 is 0 Å². The normalized spacial score (nSPS) is 30.7. The zero-order valence-electron chi connectivity index (χ0n) is 34.9. The molecule has 9 atom stereocenters. The zero-order valence-corrected chi connectivity index (χ0v) is 34.9. The lowest BCUT2D eigenvalue weighted by atomic mass is 9.78. The SMILES string of the molecule is CO[C@H]1/C=C/O[C@@]2(C)Oc3c(C)c(O)c4c(=O)c(c5n(C)c6cc(C(C)C)ccc6nc-5c4c3C2=O)NC(=O)/C(C)=C\C=C\[C@H](C)[C@H](O)[C@@H](C)[C@@H](O)[C@@H](C)[C@H](O)[C@@H]1C. The molecular formula is C45H55N3O10. The number of carbonyl (C=O) groups excluding carboxylic acids is 2. The summed E-state index contributed by atoms with van der Waals surface area (Å²) >= 11 is 0. The maximum absolute atomic E-state index is 14.8. The highest BCUT2D eigenvalue weighted by atomic mass is 16.7. The first-order valence-electron chi connectivity index (χ1n) is 19.7. The molecule has 0 saturated carbocycles. The molecule has 0 saturated heterocycles. The molecule has 0 aromatic heterocycles. The number of amides is 1. The molecular weight excluding hydrogens is 743 g/mol. The number of aromatic nitrogens is 2. The third-order valence-electron chi connectivity index (χ3n) is 12.3. The number of Topliss-reactive ketones (excluding diaryl/α,β-unsaturated/α-hetero) is 1. The number of nitrogens with one attached hydrogen (secondary N) is 1. The van der Waals surface area contributed by atoms with Crippen molar-refractivity contribution in [3.63, 3.8) is 0 Å². The number of hydrogen-bond acceptors (Lipinski definition) is 11. The molecule has 4 bridgehead atoms. The van der Waals surface area contributed by atoms with Crippen molar-refractivity contribution in [1.82, 2.24) is 9.55 Å². The van der Waals surface area contributed by atoms with Gasteiger partial charge < -0.3 is 44.5 Å². The molecule has 1 amide bonds. The van der Waals surface area contributed by atoms with Crippen molar-refractivity contribution in [2.75, 3.05) is 12.4 Å². The highest BCUT2D eigenvalue weighted by molar-refractivity contribution is 6.22. The summed E-state index contributed by atoms with van der Waals surface area (Å²) in [5, 5.41) is 48.3. The van der Waals surface area contributed by atoms with E-state index in [2.05, 4.69) is 19.2 Å². The van der Waals surface area contributed by atoms with Crippen molar-refractivity contribution < 1.29 is 44.2 Å². The first-order chi connectivity index (χ1) is 27.2. The second kappa shape index (κ2) is 15.9. The number of phenolic OH excluding ortho intramolecular Hbond substituents is 1. The molecule has 0 fully saturated rings. The van der Waals surface area contributed by atoms with Crippen molar-refractivity contribution in [1.29, 1.82) is 0 Å². The number of aromatic hydroxyl groups is 1. The molecule has 4 aliphatic rings. The lowest BCUT2D eigenvalue weighted by Gasteiger charge is -2.36. The van der Waals surface area contributed by atoms with E-state index in [1.165, 1.54) is 33.3 Å². The molecule has 3 heterocycles. The van der Waals surface area contributed by atoms with Gasteiger partial charge in [0, 0.05) is 61.3 Å². The number of rotatable bonds is 2. The Morgan fingerprint density at radius 1 is 0.948 bits per heavy atom. The number of carbonyl (C=O) groups is 2. The number of aliphatic hydroxyl groups excluding tert-OH is 3. The first kappa shape index (κ1) is 42.5. The van der Waals surface area contributed by atoms with Gasteiger partial charge in [-0.1, -0.05) is 65.8 Å². The average molecular weight is 798 g/mol. The largest absolute Gasteiger partial charge is 0.507 e. The van der Waals surface area contributed by atoms with E-state index >= 15 is 0 Å². The highest BCUT2D eigenvalue weighted by Gasteiger charge is 2.50. The Bertz CT molecular complexity index is 2410. The summed E-state index contributed by atoms with van der Waals surface area (Å²) in [6, 6.07) is 5.77. The summed E-state index contributed by atoms with van der Waals surface area (Å²) in [5.41, 5.74) is 2.08. The topological polar surface area (TPSA) is 190 Å². The Labute approximate surface area is 338 Å². The van der Waals surface area contributed by atoms with Crippen LogP contribution in [-0.2, 0) is 21.3 Å². The standard InChI is InChI=1S/C45H55N3O10/c1-20(2)27-15-16-28-29(19-27)48(10)36-34(46-28)31-32-40(52)26(8)42-33(31)43(54)45(9,58-42)57-18-17-30(56-11)23(5)38(50)25(7)39(51)24(6)37(49)21(3)13-12-14-22(4)44(55)47-35(36)41(32)53/h12-21,23-25,30,37-39,49-52H,1-11H3,(H,47,55)/b13-12+,18-17+,22-14-/t21-,23+,24+,25-,30-,37-,38+,39+,45-/m0/s1. The summed E-state index contributed by atoms with van der Waals surface area (Å²) in [7, 11) is 3.21. The number of aryl methyl sites for hydroxylation is 1. The number of phenols is 1. The maximum atomic E-state index is 14.8. The fraction of sp³-hybridized carbons (Fsp3) is 0.467. The number of aliphatic hydroxyl groups is 3. The van der Waals surface area contributed by atoms with E-state index < -0.39 is 76.7 Å². The van der Waals surface area contributed by atoms with Crippen molar-refractivity contribution in [3.8, 4) is 22.9 Å². The molecule has 0 spiro atoms. The third kappa shape index (κ3) is 7.08. The molecule has 5 N–H and O–H groups in total. The van der Waals surface area contributed by atoms with Crippen molar-refractivity contribution in [3.05, 3.63) is 81.3 Å². The van der Waals surface area contributed by atoms with E-state index in [-0.39, 0.29) is 56.2 Å². The smallest absolute Gasteiger partial charge is 0.312 e. The van der Waals surface area contributed by atoms with Gasteiger partial charge in [-0.2, -0.15) is 0 Å². The quantitative estimate of drug-likeness (QED) is 0.114. The molecule has 6 rings (SSSR count). The lowest BCUT2D eigenvalue weighted by Crippen LogP contribution is -2.44. The molecule has 0 unspecified atom stereocenters. The summed E-state index contributed by atoms with van der Waals surface area (Å²) < 4.78 is 19.7.